The summed E-state index contributed by atoms with van der Waals surface area (Å²) in [7, 11) is 1.11. The monoisotopic (exact) mass is 192 g/mol. The molecule has 0 amide bonds. The third kappa shape index (κ3) is 1.82. The largest absolute Gasteiger partial charge is 0.492 e. The molecule has 0 saturated heterocycles. The number of ether oxygens (including phenoxy) is 1. The Bertz CT molecular complexity index is 311. The fourth-order valence-electron chi connectivity index (χ4n) is 0.902. The summed E-state index contributed by atoms with van der Waals surface area (Å²) >= 11 is 0. The first-order chi connectivity index (χ1) is 5.96. The van der Waals surface area contributed by atoms with Crippen LogP contribution in [0.5, 0.6) is 5.75 Å². The molecule has 0 atom stereocenters. The van der Waals surface area contributed by atoms with Gasteiger partial charge < -0.3 is 10.5 Å². The lowest BCUT2D eigenvalue weighted by Gasteiger charge is -2.12. The molecule has 1 aromatic rings. The van der Waals surface area contributed by atoms with E-state index in [0.29, 0.717) is 0 Å². The molecule has 1 rings (SSSR count). The highest BCUT2D eigenvalue weighted by molar-refractivity contribution is 5.51. The molecule has 72 valence electrons. The predicted octanol–water partition coefficient (Wildman–Crippen LogP) is 1.69. The molecule has 3 nitrogen and oxygen atoms in total. The third-order valence-electron chi connectivity index (χ3n) is 1.44. The van der Waals surface area contributed by atoms with E-state index in [2.05, 4.69) is 9.72 Å². The van der Waals surface area contributed by atoms with Crippen molar-refractivity contribution >= 4 is 5.82 Å². The lowest BCUT2D eigenvalue weighted by Crippen LogP contribution is -2.09. The van der Waals surface area contributed by atoms with Gasteiger partial charge in [0, 0.05) is 6.20 Å². The van der Waals surface area contributed by atoms with Gasteiger partial charge >= 0.3 is 6.18 Å². The van der Waals surface area contributed by atoms with Gasteiger partial charge in [-0.05, 0) is 6.07 Å². The topological polar surface area (TPSA) is 48.1 Å². The first kappa shape index (κ1) is 9.63. The number of hydrogen-bond acceptors (Lipinski definition) is 3. The van der Waals surface area contributed by atoms with Gasteiger partial charge in [-0.15, -0.1) is 0 Å². The van der Waals surface area contributed by atoms with Crippen molar-refractivity contribution in [3.63, 3.8) is 0 Å². The van der Waals surface area contributed by atoms with Crippen LogP contribution in [0.15, 0.2) is 12.3 Å². The zero-order chi connectivity index (χ0) is 10.1. The van der Waals surface area contributed by atoms with Crippen molar-refractivity contribution in [3.05, 3.63) is 17.8 Å². The van der Waals surface area contributed by atoms with Crippen molar-refractivity contribution in [2.24, 2.45) is 0 Å². The van der Waals surface area contributed by atoms with Gasteiger partial charge in [0.1, 0.15) is 5.56 Å². The fraction of sp³-hybridized carbons (Fsp3) is 0.286. The highest BCUT2D eigenvalue weighted by Crippen LogP contribution is 2.37. The summed E-state index contributed by atoms with van der Waals surface area (Å²) in [6.07, 6.45) is -3.48. The van der Waals surface area contributed by atoms with Crippen molar-refractivity contribution in [3.8, 4) is 5.75 Å². The Kier molecular flexibility index (Phi) is 2.31. The number of nitrogen functional groups attached to an aromatic ring is 1. The zero-order valence-corrected chi connectivity index (χ0v) is 6.72. The second-order valence-corrected chi connectivity index (χ2v) is 2.27. The van der Waals surface area contributed by atoms with Gasteiger partial charge in [-0.2, -0.15) is 13.2 Å². The fourth-order valence-corrected chi connectivity index (χ4v) is 0.902. The van der Waals surface area contributed by atoms with E-state index in [1.807, 2.05) is 0 Å². The average molecular weight is 192 g/mol. The Morgan fingerprint density at radius 3 is 2.46 bits per heavy atom. The summed E-state index contributed by atoms with van der Waals surface area (Å²) in [4.78, 5) is 3.48. The Labute approximate surface area is 72.3 Å². The zero-order valence-electron chi connectivity index (χ0n) is 6.72. The van der Waals surface area contributed by atoms with Crippen LogP contribution in [0.3, 0.4) is 0 Å². The van der Waals surface area contributed by atoms with Crippen molar-refractivity contribution < 1.29 is 17.9 Å². The van der Waals surface area contributed by atoms with Gasteiger partial charge in [0.25, 0.3) is 0 Å². The standard InChI is InChI=1S/C7H7F3N2O/c1-13-5-4(7(8,9)10)2-3-12-6(5)11/h2-3H,1H3,(H2,11,12). The van der Waals surface area contributed by atoms with Gasteiger partial charge in [-0.25, -0.2) is 4.98 Å². The molecule has 1 aromatic heterocycles. The average Bonchev–Trinajstić information content (AvgIpc) is 2.02. The van der Waals surface area contributed by atoms with Crippen LogP contribution in [0.25, 0.3) is 0 Å². The molecular weight excluding hydrogens is 185 g/mol. The van der Waals surface area contributed by atoms with Gasteiger partial charge in [0.2, 0.25) is 0 Å². The molecule has 1 heterocycles. The maximum absolute atomic E-state index is 12.3. The lowest BCUT2D eigenvalue weighted by atomic mass is 10.2. The molecule has 0 saturated carbocycles. The van der Waals surface area contributed by atoms with E-state index in [0.717, 1.165) is 19.4 Å². The van der Waals surface area contributed by atoms with E-state index in [9.17, 15) is 13.2 Å². The predicted molar refractivity (Wildman–Crippen MR) is 40.2 cm³/mol. The quantitative estimate of drug-likeness (QED) is 0.736. The Morgan fingerprint density at radius 1 is 1.46 bits per heavy atom. The molecule has 13 heavy (non-hydrogen) atoms. The minimum Gasteiger partial charge on any atom is -0.492 e. The van der Waals surface area contributed by atoms with E-state index < -0.39 is 17.5 Å². The summed E-state index contributed by atoms with van der Waals surface area (Å²) in [6.45, 7) is 0. The highest BCUT2D eigenvalue weighted by atomic mass is 19.4. The molecule has 0 aliphatic heterocycles. The number of hydrogen-bond donors (Lipinski definition) is 1. The van der Waals surface area contributed by atoms with Crippen molar-refractivity contribution in [1.82, 2.24) is 4.98 Å². The molecule has 0 radical (unpaired) electrons. The summed E-state index contributed by atoms with van der Waals surface area (Å²) in [5, 5.41) is 0. The van der Waals surface area contributed by atoms with Gasteiger partial charge in [0.15, 0.2) is 11.6 Å². The Hall–Kier alpha value is -1.46. The molecule has 0 aromatic carbocycles. The van der Waals surface area contributed by atoms with E-state index >= 15 is 0 Å². The summed E-state index contributed by atoms with van der Waals surface area (Å²) in [5.41, 5.74) is 4.28. The maximum atomic E-state index is 12.3. The molecule has 0 unspecified atom stereocenters. The number of methoxy groups -OCH3 is 1. The lowest BCUT2D eigenvalue weighted by molar-refractivity contribution is -0.138. The van der Waals surface area contributed by atoms with Crippen molar-refractivity contribution in [1.29, 1.82) is 0 Å². The van der Waals surface area contributed by atoms with Crippen LogP contribution in [-0.2, 0) is 6.18 Å². The summed E-state index contributed by atoms with van der Waals surface area (Å²) in [5.74, 6) is -0.702. The van der Waals surface area contributed by atoms with Crippen LogP contribution < -0.4 is 10.5 Å². The smallest absolute Gasteiger partial charge is 0.420 e. The molecule has 0 aliphatic rings. The Morgan fingerprint density at radius 2 is 2.08 bits per heavy atom. The molecular formula is C7H7F3N2O. The minimum absolute atomic E-state index is 0.266. The van der Waals surface area contributed by atoms with Crippen LogP contribution in [0.2, 0.25) is 0 Å². The molecule has 6 heteroatoms. The highest BCUT2D eigenvalue weighted by Gasteiger charge is 2.35. The third-order valence-corrected chi connectivity index (χ3v) is 1.44. The minimum atomic E-state index is -4.47. The maximum Gasteiger partial charge on any atom is 0.420 e. The number of alkyl halides is 3. The van der Waals surface area contributed by atoms with E-state index in [1.165, 1.54) is 0 Å². The molecule has 0 bridgehead atoms. The van der Waals surface area contributed by atoms with Gasteiger partial charge in [-0.3, -0.25) is 0 Å². The number of nitrogens with two attached hydrogens (primary N) is 1. The summed E-state index contributed by atoms with van der Waals surface area (Å²) < 4.78 is 41.3. The van der Waals surface area contributed by atoms with Crippen LogP contribution >= 0.6 is 0 Å². The van der Waals surface area contributed by atoms with E-state index in [-0.39, 0.29) is 5.82 Å². The number of pyridine rings is 1. The first-order valence-electron chi connectivity index (χ1n) is 3.32. The summed E-state index contributed by atoms with van der Waals surface area (Å²) in [6, 6.07) is 0.815. The van der Waals surface area contributed by atoms with Crippen molar-refractivity contribution in [2.75, 3.05) is 12.8 Å². The van der Waals surface area contributed by atoms with Crippen LogP contribution in [0, 0.1) is 0 Å². The Balaban J connectivity index is 3.29. The number of halogens is 3. The van der Waals surface area contributed by atoms with Crippen LogP contribution in [-0.4, -0.2) is 12.1 Å². The molecule has 0 aliphatic carbocycles. The second-order valence-electron chi connectivity index (χ2n) is 2.27. The van der Waals surface area contributed by atoms with Crippen LogP contribution in [0.4, 0.5) is 19.0 Å². The molecule has 0 spiro atoms. The first-order valence-corrected chi connectivity index (χ1v) is 3.32. The van der Waals surface area contributed by atoms with E-state index in [4.69, 9.17) is 5.73 Å². The van der Waals surface area contributed by atoms with Crippen molar-refractivity contribution in [2.45, 2.75) is 6.18 Å². The normalized spacial score (nSPS) is 11.4. The number of aromatic nitrogens is 1. The number of anilines is 1. The number of rotatable bonds is 1. The second kappa shape index (κ2) is 3.12. The number of nitrogens with zero attached hydrogens (tertiary/aromatic N) is 1. The van der Waals surface area contributed by atoms with Gasteiger partial charge in [-0.1, -0.05) is 0 Å². The van der Waals surface area contributed by atoms with Gasteiger partial charge in [0.05, 0.1) is 7.11 Å². The van der Waals surface area contributed by atoms with E-state index in [1.54, 1.807) is 0 Å². The SMILES string of the molecule is COc1c(C(F)(F)F)ccnc1N. The molecule has 2 N–H and O–H groups in total. The van der Waals surface area contributed by atoms with Crippen LogP contribution in [0.1, 0.15) is 5.56 Å². The molecule has 0 fully saturated rings.